The average Bonchev–Trinajstić information content (AvgIpc) is 2.54. The number of likely N-dealkylation sites (tertiary alicyclic amines) is 1. The third-order valence-electron chi connectivity index (χ3n) is 3.88. The van der Waals surface area contributed by atoms with E-state index in [4.69, 9.17) is 9.47 Å². The van der Waals surface area contributed by atoms with Crippen LogP contribution in [-0.4, -0.2) is 49.3 Å². The predicted octanol–water partition coefficient (Wildman–Crippen LogP) is 2.91. The van der Waals surface area contributed by atoms with E-state index in [9.17, 15) is 0 Å². The zero-order chi connectivity index (χ0) is 15.8. The van der Waals surface area contributed by atoms with Crippen molar-refractivity contribution in [3.63, 3.8) is 0 Å². The van der Waals surface area contributed by atoms with Gasteiger partial charge in [-0.3, -0.25) is 0 Å². The van der Waals surface area contributed by atoms with E-state index >= 15 is 0 Å². The van der Waals surface area contributed by atoms with E-state index in [2.05, 4.69) is 21.8 Å². The molecule has 1 atom stereocenters. The first-order chi connectivity index (χ1) is 10.7. The molecule has 2 heterocycles. The Bertz CT molecular complexity index is 461. The molecule has 5 heteroatoms. The summed E-state index contributed by atoms with van der Waals surface area (Å²) in [6.45, 7) is 9.83. The van der Waals surface area contributed by atoms with Gasteiger partial charge in [-0.1, -0.05) is 6.58 Å². The third kappa shape index (κ3) is 5.22. The Labute approximate surface area is 133 Å². The van der Waals surface area contributed by atoms with E-state index in [1.807, 2.05) is 19.1 Å². The highest BCUT2D eigenvalue weighted by Crippen LogP contribution is 2.17. The summed E-state index contributed by atoms with van der Waals surface area (Å²) in [6, 6.07) is 4.34. The van der Waals surface area contributed by atoms with Gasteiger partial charge < -0.3 is 19.7 Å². The number of nitrogens with one attached hydrogen (secondary N) is 1. The first-order valence-electron chi connectivity index (χ1n) is 8.00. The van der Waals surface area contributed by atoms with Crippen molar-refractivity contribution in [3.05, 3.63) is 30.7 Å². The molecule has 1 unspecified atom stereocenters. The molecule has 22 heavy (non-hydrogen) atoms. The monoisotopic (exact) mass is 305 g/mol. The molecule has 2 rings (SSSR count). The van der Waals surface area contributed by atoms with E-state index in [1.165, 1.54) is 12.8 Å². The number of pyridine rings is 1. The molecule has 1 saturated heterocycles. The Hall–Kier alpha value is -1.75. The normalized spacial score (nSPS) is 18.7. The van der Waals surface area contributed by atoms with Crippen LogP contribution in [0.4, 0.5) is 5.82 Å². The topological polar surface area (TPSA) is 46.6 Å². The number of ether oxygens (including phenoxy) is 2. The number of hydrogen-bond donors (Lipinski definition) is 1. The van der Waals surface area contributed by atoms with Crippen LogP contribution in [-0.2, 0) is 4.74 Å². The van der Waals surface area contributed by atoms with Crippen molar-refractivity contribution in [2.75, 3.05) is 38.7 Å². The van der Waals surface area contributed by atoms with Crippen LogP contribution in [0.1, 0.15) is 26.2 Å². The zero-order valence-electron chi connectivity index (χ0n) is 13.7. The molecule has 1 aliphatic heterocycles. The first kappa shape index (κ1) is 16.6. The molecular formula is C17H27N3O2. The quantitative estimate of drug-likeness (QED) is 0.748. The second kappa shape index (κ2) is 8.63. The van der Waals surface area contributed by atoms with Gasteiger partial charge in [-0.2, -0.15) is 0 Å². The summed E-state index contributed by atoms with van der Waals surface area (Å²) in [6.07, 6.45) is 5.03. The first-order valence-corrected chi connectivity index (χ1v) is 8.00. The Morgan fingerprint density at radius 1 is 1.50 bits per heavy atom. The van der Waals surface area contributed by atoms with Crippen molar-refractivity contribution in [3.8, 4) is 5.75 Å². The van der Waals surface area contributed by atoms with Crippen molar-refractivity contribution in [1.82, 2.24) is 9.88 Å². The van der Waals surface area contributed by atoms with Crippen LogP contribution in [0.15, 0.2) is 30.7 Å². The highest BCUT2D eigenvalue weighted by molar-refractivity contribution is 5.38. The van der Waals surface area contributed by atoms with Crippen LogP contribution >= 0.6 is 0 Å². The second-order valence-corrected chi connectivity index (χ2v) is 5.59. The Morgan fingerprint density at radius 2 is 2.36 bits per heavy atom. The lowest BCUT2D eigenvalue weighted by molar-refractivity contribution is 0.182. The molecule has 1 aromatic rings. The number of piperidine rings is 1. The maximum atomic E-state index is 5.42. The van der Waals surface area contributed by atoms with Gasteiger partial charge in [-0.15, -0.1) is 0 Å². The summed E-state index contributed by atoms with van der Waals surface area (Å²) in [5.74, 6) is 2.58. The lowest BCUT2D eigenvalue weighted by Gasteiger charge is -2.33. The number of aromatic nitrogens is 1. The van der Waals surface area contributed by atoms with E-state index < -0.39 is 0 Å². The SMILES string of the molecule is C=C(CCN1CCCC(Nc2ccc(OC)cn2)C1)OCC. The van der Waals surface area contributed by atoms with Crippen molar-refractivity contribution in [2.24, 2.45) is 0 Å². The van der Waals surface area contributed by atoms with E-state index in [1.54, 1.807) is 13.3 Å². The number of nitrogens with zero attached hydrogens (tertiary/aromatic N) is 2. The lowest BCUT2D eigenvalue weighted by atomic mass is 10.1. The molecule has 0 aliphatic carbocycles. The third-order valence-corrected chi connectivity index (χ3v) is 3.88. The van der Waals surface area contributed by atoms with Gasteiger partial charge in [0.15, 0.2) is 0 Å². The van der Waals surface area contributed by atoms with Gasteiger partial charge in [-0.05, 0) is 38.4 Å². The molecule has 5 nitrogen and oxygen atoms in total. The Balaban J connectivity index is 1.78. The molecule has 1 aromatic heterocycles. The van der Waals surface area contributed by atoms with E-state index in [0.29, 0.717) is 12.6 Å². The van der Waals surface area contributed by atoms with Crippen LogP contribution in [0.25, 0.3) is 0 Å². The molecule has 1 aliphatic rings. The second-order valence-electron chi connectivity index (χ2n) is 5.59. The molecule has 122 valence electrons. The van der Waals surface area contributed by atoms with E-state index in [0.717, 1.165) is 43.4 Å². The molecule has 0 amide bonds. The fraction of sp³-hybridized carbons (Fsp3) is 0.588. The number of methoxy groups -OCH3 is 1. The van der Waals surface area contributed by atoms with Crippen molar-refractivity contribution in [2.45, 2.75) is 32.2 Å². The van der Waals surface area contributed by atoms with Gasteiger partial charge >= 0.3 is 0 Å². The Kier molecular flexibility index (Phi) is 6.52. The molecular weight excluding hydrogens is 278 g/mol. The molecule has 0 radical (unpaired) electrons. The molecule has 0 aromatic carbocycles. The van der Waals surface area contributed by atoms with Gasteiger partial charge in [-0.25, -0.2) is 4.98 Å². The number of hydrogen-bond acceptors (Lipinski definition) is 5. The Morgan fingerprint density at radius 3 is 3.05 bits per heavy atom. The zero-order valence-corrected chi connectivity index (χ0v) is 13.7. The summed E-state index contributed by atoms with van der Waals surface area (Å²) in [7, 11) is 1.65. The molecule has 1 fully saturated rings. The number of anilines is 1. The van der Waals surface area contributed by atoms with Crippen LogP contribution < -0.4 is 10.1 Å². The fourth-order valence-electron chi connectivity index (χ4n) is 2.73. The highest BCUT2D eigenvalue weighted by Gasteiger charge is 2.20. The van der Waals surface area contributed by atoms with Gasteiger partial charge in [0.2, 0.25) is 0 Å². The maximum Gasteiger partial charge on any atom is 0.137 e. The van der Waals surface area contributed by atoms with Crippen molar-refractivity contribution >= 4 is 5.82 Å². The fourth-order valence-corrected chi connectivity index (χ4v) is 2.73. The summed E-state index contributed by atoms with van der Waals surface area (Å²) in [5.41, 5.74) is 0. The summed E-state index contributed by atoms with van der Waals surface area (Å²) in [4.78, 5) is 6.85. The van der Waals surface area contributed by atoms with Gasteiger partial charge in [0, 0.05) is 25.6 Å². The average molecular weight is 305 g/mol. The minimum atomic E-state index is 0.440. The predicted molar refractivity (Wildman–Crippen MR) is 89.3 cm³/mol. The minimum absolute atomic E-state index is 0.440. The van der Waals surface area contributed by atoms with E-state index in [-0.39, 0.29) is 0 Å². The minimum Gasteiger partial charge on any atom is -0.499 e. The van der Waals surface area contributed by atoms with Crippen molar-refractivity contribution in [1.29, 1.82) is 0 Å². The van der Waals surface area contributed by atoms with Crippen LogP contribution in [0.2, 0.25) is 0 Å². The van der Waals surface area contributed by atoms with Crippen LogP contribution in [0, 0.1) is 0 Å². The molecule has 0 bridgehead atoms. The van der Waals surface area contributed by atoms with Gasteiger partial charge in [0.25, 0.3) is 0 Å². The van der Waals surface area contributed by atoms with Gasteiger partial charge in [0.1, 0.15) is 11.6 Å². The van der Waals surface area contributed by atoms with Crippen molar-refractivity contribution < 1.29 is 9.47 Å². The van der Waals surface area contributed by atoms with Crippen LogP contribution in [0.5, 0.6) is 5.75 Å². The van der Waals surface area contributed by atoms with Gasteiger partial charge in [0.05, 0.1) is 25.7 Å². The smallest absolute Gasteiger partial charge is 0.137 e. The summed E-state index contributed by atoms with van der Waals surface area (Å²) < 4.78 is 10.6. The highest BCUT2D eigenvalue weighted by atomic mass is 16.5. The van der Waals surface area contributed by atoms with Crippen LogP contribution in [0.3, 0.4) is 0 Å². The standard InChI is InChI=1S/C17H27N3O2/c1-4-22-14(2)9-11-20-10-5-6-15(13-20)19-17-8-7-16(21-3)12-18-17/h7-8,12,15H,2,4-6,9-11,13H2,1,3H3,(H,18,19). The lowest BCUT2D eigenvalue weighted by Crippen LogP contribution is -2.42. The molecule has 0 spiro atoms. The molecule has 0 saturated carbocycles. The maximum absolute atomic E-state index is 5.42. The number of rotatable bonds is 8. The summed E-state index contributed by atoms with van der Waals surface area (Å²) >= 11 is 0. The summed E-state index contributed by atoms with van der Waals surface area (Å²) in [5, 5.41) is 3.51. The molecule has 1 N–H and O–H groups in total. The largest absolute Gasteiger partial charge is 0.499 e.